The molecule has 3 aromatic rings. The van der Waals surface area contributed by atoms with Crippen LogP contribution < -0.4 is 4.74 Å². The van der Waals surface area contributed by atoms with Crippen LogP contribution in [0, 0.1) is 0 Å². The molecule has 0 aliphatic rings. The van der Waals surface area contributed by atoms with E-state index in [-0.39, 0.29) is 5.75 Å². The third-order valence-electron chi connectivity index (χ3n) is 4.39. The first kappa shape index (κ1) is 17.4. The molecule has 130 valence electrons. The standard InChI is InChI=1S/C22H22F2O/c1-2-3-4-5-16-6-8-17(9-7-16)18-10-11-20-15-21(25-22(23)24)13-12-19(20)14-18/h6-15,22H,2-5H2,1H3. The second-order valence-corrected chi connectivity index (χ2v) is 6.26. The summed E-state index contributed by atoms with van der Waals surface area (Å²) < 4.78 is 29.1. The Labute approximate surface area is 147 Å². The SMILES string of the molecule is CCCCCc1ccc(-c2ccc3cc(OC(F)F)ccc3c2)cc1. The highest BCUT2D eigenvalue weighted by atomic mass is 19.3. The van der Waals surface area contributed by atoms with Gasteiger partial charge >= 0.3 is 6.61 Å². The molecule has 1 nitrogen and oxygen atoms in total. The molecule has 0 spiro atoms. The van der Waals surface area contributed by atoms with Gasteiger partial charge in [-0.05, 0) is 58.5 Å². The van der Waals surface area contributed by atoms with Crippen molar-refractivity contribution in [2.75, 3.05) is 0 Å². The molecular weight excluding hydrogens is 318 g/mol. The van der Waals surface area contributed by atoms with Gasteiger partial charge < -0.3 is 4.74 Å². The number of hydrogen-bond acceptors (Lipinski definition) is 1. The van der Waals surface area contributed by atoms with Crippen molar-refractivity contribution in [3.8, 4) is 16.9 Å². The second kappa shape index (κ2) is 8.11. The van der Waals surface area contributed by atoms with E-state index in [9.17, 15) is 8.78 Å². The zero-order chi connectivity index (χ0) is 17.6. The lowest BCUT2D eigenvalue weighted by Crippen LogP contribution is -2.01. The second-order valence-electron chi connectivity index (χ2n) is 6.26. The van der Waals surface area contributed by atoms with E-state index in [0.29, 0.717) is 0 Å². The molecule has 0 bridgehead atoms. The Hall–Kier alpha value is -2.42. The van der Waals surface area contributed by atoms with Crippen LogP contribution in [0.25, 0.3) is 21.9 Å². The maximum atomic E-state index is 12.3. The van der Waals surface area contributed by atoms with Gasteiger partial charge in [0.15, 0.2) is 0 Å². The molecule has 0 saturated carbocycles. The normalized spacial score (nSPS) is 11.2. The smallest absolute Gasteiger partial charge is 0.387 e. The molecule has 0 unspecified atom stereocenters. The highest BCUT2D eigenvalue weighted by molar-refractivity contribution is 5.88. The van der Waals surface area contributed by atoms with E-state index in [0.717, 1.165) is 28.3 Å². The zero-order valence-electron chi connectivity index (χ0n) is 14.3. The predicted molar refractivity (Wildman–Crippen MR) is 99.2 cm³/mol. The summed E-state index contributed by atoms with van der Waals surface area (Å²) in [6, 6.07) is 19.7. The van der Waals surface area contributed by atoms with Crippen LogP contribution in [0.1, 0.15) is 31.7 Å². The highest BCUT2D eigenvalue weighted by Gasteiger charge is 2.06. The van der Waals surface area contributed by atoms with Crippen LogP contribution in [0.2, 0.25) is 0 Å². The van der Waals surface area contributed by atoms with Gasteiger partial charge in [-0.25, -0.2) is 0 Å². The third-order valence-corrected chi connectivity index (χ3v) is 4.39. The third kappa shape index (κ3) is 4.56. The van der Waals surface area contributed by atoms with E-state index in [4.69, 9.17) is 0 Å². The molecule has 0 aliphatic heterocycles. The molecule has 0 atom stereocenters. The van der Waals surface area contributed by atoms with Crippen LogP contribution >= 0.6 is 0 Å². The predicted octanol–water partition coefficient (Wildman–Crippen LogP) is 6.84. The van der Waals surface area contributed by atoms with Crippen LogP contribution in [-0.2, 0) is 6.42 Å². The molecule has 3 rings (SSSR count). The van der Waals surface area contributed by atoms with Crippen molar-refractivity contribution in [1.29, 1.82) is 0 Å². The number of hydrogen-bond donors (Lipinski definition) is 0. The maximum absolute atomic E-state index is 12.3. The summed E-state index contributed by atoms with van der Waals surface area (Å²) in [4.78, 5) is 0. The van der Waals surface area contributed by atoms with Crippen molar-refractivity contribution in [2.24, 2.45) is 0 Å². The van der Waals surface area contributed by atoms with E-state index in [2.05, 4.69) is 42.0 Å². The van der Waals surface area contributed by atoms with Crippen molar-refractivity contribution in [1.82, 2.24) is 0 Å². The molecule has 0 saturated heterocycles. The molecule has 25 heavy (non-hydrogen) atoms. The Balaban J connectivity index is 1.79. The van der Waals surface area contributed by atoms with Gasteiger partial charge in [-0.2, -0.15) is 8.78 Å². The summed E-state index contributed by atoms with van der Waals surface area (Å²) in [5.41, 5.74) is 3.65. The van der Waals surface area contributed by atoms with E-state index in [1.54, 1.807) is 12.1 Å². The van der Waals surface area contributed by atoms with Gasteiger partial charge in [-0.15, -0.1) is 0 Å². The Morgan fingerprint density at radius 1 is 0.800 bits per heavy atom. The first-order valence-corrected chi connectivity index (χ1v) is 8.73. The molecule has 3 heteroatoms. The number of ether oxygens (including phenoxy) is 1. The minimum absolute atomic E-state index is 0.187. The van der Waals surface area contributed by atoms with E-state index in [1.807, 2.05) is 18.2 Å². The minimum Gasteiger partial charge on any atom is -0.435 e. The van der Waals surface area contributed by atoms with Crippen molar-refractivity contribution >= 4 is 10.8 Å². The van der Waals surface area contributed by atoms with Crippen LogP contribution in [0.3, 0.4) is 0 Å². The lowest BCUT2D eigenvalue weighted by Gasteiger charge is -2.08. The monoisotopic (exact) mass is 340 g/mol. The van der Waals surface area contributed by atoms with Crippen molar-refractivity contribution < 1.29 is 13.5 Å². The fourth-order valence-corrected chi connectivity index (χ4v) is 3.02. The number of unbranched alkanes of at least 4 members (excludes halogenated alkanes) is 2. The number of alkyl halides is 2. The molecule has 0 amide bonds. The lowest BCUT2D eigenvalue weighted by atomic mass is 9.99. The van der Waals surface area contributed by atoms with Gasteiger partial charge in [0, 0.05) is 0 Å². The number of rotatable bonds is 7. The van der Waals surface area contributed by atoms with Gasteiger partial charge in [-0.3, -0.25) is 0 Å². The molecule has 0 heterocycles. The van der Waals surface area contributed by atoms with Crippen LogP contribution in [0.5, 0.6) is 5.75 Å². The summed E-state index contributed by atoms with van der Waals surface area (Å²) >= 11 is 0. The summed E-state index contributed by atoms with van der Waals surface area (Å²) in [7, 11) is 0. The van der Waals surface area contributed by atoms with E-state index < -0.39 is 6.61 Å². The number of aryl methyl sites for hydroxylation is 1. The van der Waals surface area contributed by atoms with Gasteiger partial charge in [0.1, 0.15) is 5.75 Å². The molecule has 0 N–H and O–H groups in total. The van der Waals surface area contributed by atoms with Gasteiger partial charge in [-0.1, -0.05) is 62.2 Å². The average molecular weight is 340 g/mol. The largest absolute Gasteiger partial charge is 0.435 e. The summed E-state index contributed by atoms with van der Waals surface area (Å²) in [6.45, 7) is -0.585. The van der Waals surface area contributed by atoms with Crippen molar-refractivity contribution in [2.45, 2.75) is 39.2 Å². The fraction of sp³-hybridized carbons (Fsp3) is 0.273. The number of benzene rings is 3. The first-order chi connectivity index (χ1) is 12.2. The summed E-state index contributed by atoms with van der Waals surface area (Å²) in [5.74, 6) is 0.187. The minimum atomic E-state index is -2.80. The summed E-state index contributed by atoms with van der Waals surface area (Å²) in [5, 5.41) is 1.89. The zero-order valence-corrected chi connectivity index (χ0v) is 14.3. The van der Waals surface area contributed by atoms with Crippen LogP contribution in [0.4, 0.5) is 8.78 Å². The van der Waals surface area contributed by atoms with Crippen LogP contribution in [0.15, 0.2) is 60.7 Å². The van der Waals surface area contributed by atoms with Crippen LogP contribution in [-0.4, -0.2) is 6.61 Å². The Kier molecular flexibility index (Phi) is 5.64. The average Bonchev–Trinajstić information content (AvgIpc) is 2.62. The Bertz CT molecular complexity index is 825. The van der Waals surface area contributed by atoms with Crippen molar-refractivity contribution in [3.05, 3.63) is 66.2 Å². The molecule has 0 fully saturated rings. The van der Waals surface area contributed by atoms with Gasteiger partial charge in [0.2, 0.25) is 0 Å². The molecule has 0 aliphatic carbocycles. The number of fused-ring (bicyclic) bond motifs is 1. The molecule has 0 radical (unpaired) electrons. The topological polar surface area (TPSA) is 9.23 Å². The van der Waals surface area contributed by atoms with Gasteiger partial charge in [0.05, 0.1) is 0 Å². The quantitative estimate of drug-likeness (QED) is 0.428. The maximum Gasteiger partial charge on any atom is 0.387 e. The Morgan fingerprint density at radius 3 is 2.20 bits per heavy atom. The highest BCUT2D eigenvalue weighted by Crippen LogP contribution is 2.28. The fourth-order valence-electron chi connectivity index (χ4n) is 3.02. The van der Waals surface area contributed by atoms with Gasteiger partial charge in [0.25, 0.3) is 0 Å². The first-order valence-electron chi connectivity index (χ1n) is 8.73. The van der Waals surface area contributed by atoms with E-state index >= 15 is 0 Å². The number of halogens is 2. The lowest BCUT2D eigenvalue weighted by molar-refractivity contribution is -0.0497. The Morgan fingerprint density at radius 2 is 1.48 bits per heavy atom. The van der Waals surface area contributed by atoms with E-state index in [1.165, 1.54) is 24.8 Å². The molecule has 0 aromatic heterocycles. The summed E-state index contributed by atoms with van der Waals surface area (Å²) in [6.07, 6.45) is 4.86. The van der Waals surface area contributed by atoms with Crippen molar-refractivity contribution in [3.63, 3.8) is 0 Å². The molecule has 3 aromatic carbocycles. The molecular formula is C22H22F2O.